The number of urea groups is 1. The van der Waals surface area contributed by atoms with Crippen molar-refractivity contribution in [2.24, 2.45) is 0 Å². The Balaban J connectivity index is 1.76. The zero-order valence-corrected chi connectivity index (χ0v) is 13.2. The summed E-state index contributed by atoms with van der Waals surface area (Å²) in [6.45, 7) is 4.94. The first-order chi connectivity index (χ1) is 10.6. The molecule has 3 nitrogen and oxygen atoms in total. The second kappa shape index (κ2) is 6.22. The van der Waals surface area contributed by atoms with Crippen molar-refractivity contribution in [2.45, 2.75) is 32.7 Å². The maximum atomic E-state index is 12.6. The van der Waals surface area contributed by atoms with Crippen molar-refractivity contribution in [2.75, 3.05) is 11.9 Å². The van der Waals surface area contributed by atoms with Gasteiger partial charge in [0.1, 0.15) is 0 Å². The summed E-state index contributed by atoms with van der Waals surface area (Å²) >= 11 is 0. The van der Waals surface area contributed by atoms with Gasteiger partial charge in [-0.2, -0.15) is 0 Å². The highest BCUT2D eigenvalue weighted by molar-refractivity contribution is 5.89. The number of rotatable bonds is 2. The molecule has 3 rings (SSSR count). The fraction of sp³-hybridized carbons (Fsp3) is 0.316. The van der Waals surface area contributed by atoms with Crippen molar-refractivity contribution >= 4 is 11.7 Å². The second-order valence-electron chi connectivity index (χ2n) is 6.07. The SMILES string of the molecule is Cc1cccc(NC(=O)N2CCC[C@H]2c2cccc(C)c2)c1. The highest BCUT2D eigenvalue weighted by Gasteiger charge is 2.29. The van der Waals surface area contributed by atoms with Gasteiger partial charge in [-0.25, -0.2) is 4.79 Å². The van der Waals surface area contributed by atoms with Crippen LogP contribution < -0.4 is 5.32 Å². The van der Waals surface area contributed by atoms with Gasteiger partial charge in [0.15, 0.2) is 0 Å². The zero-order valence-electron chi connectivity index (χ0n) is 13.2. The minimum atomic E-state index is -0.00499. The average molecular weight is 294 g/mol. The van der Waals surface area contributed by atoms with Crippen LogP contribution in [0.2, 0.25) is 0 Å². The van der Waals surface area contributed by atoms with E-state index in [0.29, 0.717) is 0 Å². The lowest BCUT2D eigenvalue weighted by molar-refractivity contribution is 0.207. The minimum absolute atomic E-state index is 0.00499. The molecule has 114 valence electrons. The zero-order chi connectivity index (χ0) is 15.5. The van der Waals surface area contributed by atoms with Crippen LogP contribution >= 0.6 is 0 Å². The van der Waals surface area contributed by atoms with Gasteiger partial charge in [-0.1, -0.05) is 42.0 Å². The van der Waals surface area contributed by atoms with Gasteiger partial charge in [0.2, 0.25) is 0 Å². The van der Waals surface area contributed by atoms with Gasteiger partial charge in [-0.15, -0.1) is 0 Å². The van der Waals surface area contributed by atoms with Crippen LogP contribution in [-0.4, -0.2) is 17.5 Å². The van der Waals surface area contributed by atoms with Gasteiger partial charge in [-0.05, 0) is 49.9 Å². The standard InChI is InChI=1S/C19H22N2O/c1-14-6-3-8-16(12-14)18-10-5-11-21(18)19(22)20-17-9-4-7-15(2)13-17/h3-4,6-9,12-13,18H,5,10-11H2,1-2H3,(H,20,22)/t18-/m0/s1. The maximum Gasteiger partial charge on any atom is 0.322 e. The molecular weight excluding hydrogens is 272 g/mol. The number of likely N-dealkylation sites (tertiary alicyclic amines) is 1. The maximum absolute atomic E-state index is 12.6. The fourth-order valence-corrected chi connectivity index (χ4v) is 3.15. The first-order valence-corrected chi connectivity index (χ1v) is 7.84. The first-order valence-electron chi connectivity index (χ1n) is 7.84. The molecule has 0 aliphatic carbocycles. The highest BCUT2D eigenvalue weighted by Crippen LogP contribution is 2.32. The lowest BCUT2D eigenvalue weighted by Gasteiger charge is -2.25. The molecule has 0 radical (unpaired) electrons. The van der Waals surface area contributed by atoms with Crippen molar-refractivity contribution in [3.8, 4) is 0 Å². The lowest BCUT2D eigenvalue weighted by Crippen LogP contribution is -2.34. The van der Waals surface area contributed by atoms with Crippen molar-refractivity contribution in [1.82, 2.24) is 4.90 Å². The van der Waals surface area contributed by atoms with Crippen LogP contribution in [0.1, 0.15) is 35.6 Å². The highest BCUT2D eigenvalue weighted by atomic mass is 16.2. The molecule has 22 heavy (non-hydrogen) atoms. The minimum Gasteiger partial charge on any atom is -0.317 e. The van der Waals surface area contributed by atoms with E-state index in [1.807, 2.05) is 36.1 Å². The summed E-state index contributed by atoms with van der Waals surface area (Å²) in [6.07, 6.45) is 2.09. The third kappa shape index (κ3) is 3.14. The summed E-state index contributed by atoms with van der Waals surface area (Å²) in [6, 6.07) is 16.6. The molecule has 2 aromatic carbocycles. The van der Waals surface area contributed by atoms with Crippen LogP contribution in [0.4, 0.5) is 10.5 Å². The van der Waals surface area contributed by atoms with E-state index < -0.39 is 0 Å². The van der Waals surface area contributed by atoms with Crippen molar-refractivity contribution < 1.29 is 4.79 Å². The quantitative estimate of drug-likeness (QED) is 0.857. The molecule has 1 N–H and O–H groups in total. The Hall–Kier alpha value is -2.29. The van der Waals surface area contributed by atoms with Crippen molar-refractivity contribution in [3.05, 3.63) is 65.2 Å². The molecule has 1 aliphatic heterocycles. The Morgan fingerprint density at radius 3 is 2.55 bits per heavy atom. The van der Waals surface area contributed by atoms with Crippen LogP contribution in [0.15, 0.2) is 48.5 Å². The van der Waals surface area contributed by atoms with Crippen LogP contribution in [-0.2, 0) is 0 Å². The predicted octanol–water partition coefficient (Wildman–Crippen LogP) is 4.67. The van der Waals surface area contributed by atoms with E-state index in [1.54, 1.807) is 0 Å². The van der Waals surface area contributed by atoms with E-state index in [-0.39, 0.29) is 12.1 Å². The number of nitrogens with zero attached hydrogens (tertiary/aromatic N) is 1. The number of carbonyl (C=O) groups is 1. The van der Waals surface area contributed by atoms with E-state index in [4.69, 9.17) is 0 Å². The molecule has 0 unspecified atom stereocenters. The number of benzene rings is 2. The van der Waals surface area contributed by atoms with E-state index >= 15 is 0 Å². The molecule has 2 amide bonds. The number of hydrogen-bond donors (Lipinski definition) is 1. The molecule has 1 saturated heterocycles. The van der Waals surface area contributed by atoms with Gasteiger partial charge < -0.3 is 10.2 Å². The summed E-state index contributed by atoms with van der Waals surface area (Å²) in [5, 5.41) is 3.03. The van der Waals surface area contributed by atoms with E-state index in [1.165, 1.54) is 11.1 Å². The molecule has 1 aliphatic rings. The summed E-state index contributed by atoms with van der Waals surface area (Å²) in [5.74, 6) is 0. The third-order valence-electron chi connectivity index (χ3n) is 4.21. The smallest absolute Gasteiger partial charge is 0.317 e. The van der Waals surface area contributed by atoms with Gasteiger partial charge in [0.05, 0.1) is 6.04 Å². The van der Waals surface area contributed by atoms with Crippen LogP contribution in [0.3, 0.4) is 0 Å². The van der Waals surface area contributed by atoms with Crippen molar-refractivity contribution in [3.63, 3.8) is 0 Å². The molecular formula is C19H22N2O. The van der Waals surface area contributed by atoms with Crippen LogP contribution in [0, 0.1) is 13.8 Å². The van der Waals surface area contributed by atoms with E-state index in [2.05, 4.69) is 36.5 Å². The van der Waals surface area contributed by atoms with E-state index in [9.17, 15) is 4.79 Å². The van der Waals surface area contributed by atoms with Crippen molar-refractivity contribution in [1.29, 1.82) is 0 Å². The number of carbonyl (C=O) groups excluding carboxylic acids is 1. The number of hydrogen-bond acceptors (Lipinski definition) is 1. The Morgan fingerprint density at radius 2 is 1.82 bits per heavy atom. The number of amides is 2. The number of nitrogens with one attached hydrogen (secondary N) is 1. The number of aryl methyl sites for hydroxylation is 2. The monoisotopic (exact) mass is 294 g/mol. The molecule has 0 bridgehead atoms. The van der Waals surface area contributed by atoms with Crippen LogP contribution in [0.5, 0.6) is 0 Å². The first kappa shape index (κ1) is 14.6. The Bertz CT molecular complexity index is 681. The van der Waals surface area contributed by atoms with Gasteiger partial charge in [-0.3, -0.25) is 0 Å². The summed E-state index contributed by atoms with van der Waals surface area (Å²) in [4.78, 5) is 14.6. The molecule has 0 aromatic heterocycles. The number of anilines is 1. The predicted molar refractivity (Wildman–Crippen MR) is 90.1 cm³/mol. The lowest BCUT2D eigenvalue weighted by atomic mass is 10.0. The topological polar surface area (TPSA) is 32.3 Å². The summed E-state index contributed by atoms with van der Waals surface area (Å²) < 4.78 is 0. The largest absolute Gasteiger partial charge is 0.322 e. The second-order valence-corrected chi connectivity index (χ2v) is 6.07. The Labute approximate surface area is 132 Å². The molecule has 2 aromatic rings. The Kier molecular flexibility index (Phi) is 4.14. The fourth-order valence-electron chi connectivity index (χ4n) is 3.15. The molecule has 0 spiro atoms. The van der Waals surface area contributed by atoms with Crippen LogP contribution in [0.25, 0.3) is 0 Å². The molecule has 1 atom stereocenters. The molecule has 0 saturated carbocycles. The van der Waals surface area contributed by atoms with Gasteiger partial charge in [0, 0.05) is 12.2 Å². The summed E-state index contributed by atoms with van der Waals surface area (Å²) in [7, 11) is 0. The Morgan fingerprint density at radius 1 is 1.09 bits per heavy atom. The molecule has 1 heterocycles. The van der Waals surface area contributed by atoms with Gasteiger partial charge in [0.25, 0.3) is 0 Å². The van der Waals surface area contributed by atoms with Gasteiger partial charge >= 0.3 is 6.03 Å². The average Bonchev–Trinajstić information content (AvgIpc) is 2.97. The summed E-state index contributed by atoms with van der Waals surface area (Å²) in [5.41, 5.74) is 4.48. The molecule has 3 heteroatoms. The van der Waals surface area contributed by atoms with E-state index in [0.717, 1.165) is 30.6 Å². The normalized spacial score (nSPS) is 17.5. The molecule has 1 fully saturated rings. The third-order valence-corrected chi connectivity index (χ3v) is 4.21.